The Morgan fingerprint density at radius 2 is 2.00 bits per heavy atom. The molecule has 2 aromatic heterocycles. The molecule has 0 aliphatic rings. The van der Waals surface area contributed by atoms with Crippen molar-refractivity contribution >= 4 is 45.6 Å². The van der Waals surface area contributed by atoms with Crippen molar-refractivity contribution in [2.75, 3.05) is 0 Å². The highest BCUT2D eigenvalue weighted by atomic mass is 35.5. The summed E-state index contributed by atoms with van der Waals surface area (Å²) in [5.41, 5.74) is 0.738. The molecule has 4 rings (SSSR count). The molecule has 0 N–H and O–H groups in total. The lowest BCUT2D eigenvalue weighted by Gasteiger charge is -2.14. The van der Waals surface area contributed by atoms with E-state index in [1.54, 1.807) is 12.1 Å². The van der Waals surface area contributed by atoms with Gasteiger partial charge in [-0.15, -0.1) is 11.3 Å². The van der Waals surface area contributed by atoms with Crippen LogP contribution in [0.1, 0.15) is 10.7 Å². The largest absolute Gasteiger partial charge is 0.268 e. The zero-order valence-corrected chi connectivity index (χ0v) is 16.8. The maximum absolute atomic E-state index is 14.5. The van der Waals surface area contributed by atoms with Crippen LogP contribution in [0.15, 0.2) is 51.7 Å². The number of thioether (sulfide) groups is 1. The van der Waals surface area contributed by atoms with Gasteiger partial charge in [-0.2, -0.15) is 0 Å². The Labute approximate surface area is 171 Å². The number of benzene rings is 2. The van der Waals surface area contributed by atoms with Crippen molar-refractivity contribution in [1.82, 2.24) is 14.5 Å². The molecule has 4 nitrogen and oxygen atoms in total. The normalized spacial score (nSPS) is 11.3. The number of aromatic nitrogens is 3. The Kier molecular flexibility index (Phi) is 5.18. The molecular formula is C19H12ClF2N3OS2. The van der Waals surface area contributed by atoms with Crippen LogP contribution >= 0.6 is 34.7 Å². The number of hydrogen-bond donors (Lipinski definition) is 0. The third-order valence-corrected chi connectivity index (χ3v) is 6.00. The molecule has 0 aliphatic carbocycles. The summed E-state index contributed by atoms with van der Waals surface area (Å²) in [6.45, 7) is 1.90. The summed E-state index contributed by atoms with van der Waals surface area (Å²) in [6, 6.07) is 7.83. The Balaban J connectivity index is 1.90. The standard InChI is InChI=1S/C19H12ClF2N3OS2/c1-10-23-13(8-27-10)9-28-19-24-16-4-2-11(20)6-14(16)18(26)25(19)17-5-3-12(21)7-15(17)22/h2-8H,9H2,1H3. The number of hydrogen-bond acceptors (Lipinski definition) is 5. The number of fused-ring (bicyclic) bond motifs is 1. The highest BCUT2D eigenvalue weighted by Gasteiger charge is 2.17. The van der Waals surface area contributed by atoms with E-state index in [1.165, 1.54) is 35.2 Å². The lowest BCUT2D eigenvalue weighted by atomic mass is 10.2. The summed E-state index contributed by atoms with van der Waals surface area (Å²) in [7, 11) is 0. The van der Waals surface area contributed by atoms with Gasteiger partial charge in [-0.3, -0.25) is 9.36 Å². The van der Waals surface area contributed by atoms with Gasteiger partial charge < -0.3 is 0 Å². The van der Waals surface area contributed by atoms with Crippen LogP contribution in [0.4, 0.5) is 8.78 Å². The van der Waals surface area contributed by atoms with E-state index in [0.717, 1.165) is 27.4 Å². The quantitative estimate of drug-likeness (QED) is 0.319. The van der Waals surface area contributed by atoms with Crippen LogP contribution in [0.3, 0.4) is 0 Å². The Morgan fingerprint density at radius 3 is 2.71 bits per heavy atom. The van der Waals surface area contributed by atoms with Crippen LogP contribution in [-0.4, -0.2) is 14.5 Å². The average molecular weight is 436 g/mol. The molecule has 0 radical (unpaired) electrons. The molecule has 9 heteroatoms. The fraction of sp³-hybridized carbons (Fsp3) is 0.105. The summed E-state index contributed by atoms with van der Waals surface area (Å²) in [6.07, 6.45) is 0. The van der Waals surface area contributed by atoms with Crippen molar-refractivity contribution in [2.24, 2.45) is 0 Å². The number of halogens is 3. The van der Waals surface area contributed by atoms with Gasteiger partial charge in [0.25, 0.3) is 5.56 Å². The maximum Gasteiger partial charge on any atom is 0.266 e. The molecule has 2 aromatic carbocycles. The molecule has 0 aliphatic heterocycles. The van der Waals surface area contributed by atoms with E-state index in [-0.39, 0.29) is 16.2 Å². The summed E-state index contributed by atoms with van der Waals surface area (Å²) < 4.78 is 29.0. The zero-order valence-electron chi connectivity index (χ0n) is 14.4. The molecule has 0 spiro atoms. The van der Waals surface area contributed by atoms with Gasteiger partial charge >= 0.3 is 0 Å². The van der Waals surface area contributed by atoms with Crippen LogP contribution in [0, 0.1) is 18.6 Å². The molecule has 142 valence electrons. The maximum atomic E-state index is 14.5. The van der Waals surface area contributed by atoms with Gasteiger partial charge in [-0.1, -0.05) is 23.4 Å². The minimum atomic E-state index is -0.850. The first kappa shape index (κ1) is 19.0. The molecule has 0 saturated carbocycles. The summed E-state index contributed by atoms with van der Waals surface area (Å²) in [5.74, 6) is -1.12. The van der Waals surface area contributed by atoms with E-state index in [0.29, 0.717) is 16.3 Å². The van der Waals surface area contributed by atoms with E-state index >= 15 is 0 Å². The number of rotatable bonds is 4. The minimum absolute atomic E-state index is 0.0715. The second-order valence-electron chi connectivity index (χ2n) is 5.94. The second-order valence-corrected chi connectivity index (χ2v) is 8.38. The van der Waals surface area contributed by atoms with Gasteiger partial charge in [-0.25, -0.2) is 18.7 Å². The van der Waals surface area contributed by atoms with Crippen molar-refractivity contribution in [3.05, 3.63) is 79.5 Å². The minimum Gasteiger partial charge on any atom is -0.268 e. The van der Waals surface area contributed by atoms with E-state index < -0.39 is 17.2 Å². The average Bonchev–Trinajstić information content (AvgIpc) is 3.07. The Bertz CT molecular complexity index is 1260. The topological polar surface area (TPSA) is 47.8 Å². The fourth-order valence-corrected chi connectivity index (χ4v) is 4.51. The van der Waals surface area contributed by atoms with Gasteiger partial charge in [0.1, 0.15) is 11.6 Å². The van der Waals surface area contributed by atoms with Gasteiger partial charge in [0.2, 0.25) is 0 Å². The molecule has 0 atom stereocenters. The highest BCUT2D eigenvalue weighted by Crippen LogP contribution is 2.27. The van der Waals surface area contributed by atoms with Crippen LogP contribution in [-0.2, 0) is 5.75 Å². The SMILES string of the molecule is Cc1nc(CSc2nc3ccc(Cl)cc3c(=O)n2-c2ccc(F)cc2F)cs1. The first-order valence-electron chi connectivity index (χ1n) is 8.14. The number of aryl methyl sites for hydroxylation is 1. The highest BCUT2D eigenvalue weighted by molar-refractivity contribution is 7.98. The van der Waals surface area contributed by atoms with Crippen LogP contribution in [0.2, 0.25) is 5.02 Å². The summed E-state index contributed by atoms with van der Waals surface area (Å²) in [5, 5.41) is 3.76. The van der Waals surface area contributed by atoms with Crippen molar-refractivity contribution in [3.63, 3.8) is 0 Å². The predicted molar refractivity (Wildman–Crippen MR) is 109 cm³/mol. The third kappa shape index (κ3) is 3.67. The summed E-state index contributed by atoms with van der Waals surface area (Å²) in [4.78, 5) is 22.0. The molecule has 0 unspecified atom stereocenters. The van der Waals surface area contributed by atoms with Gasteiger partial charge in [-0.05, 0) is 37.3 Å². The Morgan fingerprint density at radius 1 is 1.18 bits per heavy atom. The lowest BCUT2D eigenvalue weighted by molar-refractivity contribution is 0.572. The monoisotopic (exact) mass is 435 g/mol. The molecule has 0 saturated heterocycles. The number of thiazole rings is 1. The molecule has 2 heterocycles. The second kappa shape index (κ2) is 7.62. The first-order valence-corrected chi connectivity index (χ1v) is 10.4. The predicted octanol–water partition coefficient (Wildman–Crippen LogP) is 5.37. The van der Waals surface area contributed by atoms with Crippen molar-refractivity contribution < 1.29 is 8.78 Å². The summed E-state index contributed by atoms with van der Waals surface area (Å²) >= 11 is 8.79. The number of nitrogens with zero attached hydrogens (tertiary/aromatic N) is 3. The van der Waals surface area contributed by atoms with Crippen LogP contribution < -0.4 is 5.56 Å². The smallest absolute Gasteiger partial charge is 0.266 e. The van der Waals surface area contributed by atoms with Gasteiger partial charge in [0.05, 0.1) is 27.3 Å². The van der Waals surface area contributed by atoms with Crippen molar-refractivity contribution in [3.8, 4) is 5.69 Å². The molecule has 0 fully saturated rings. The zero-order chi connectivity index (χ0) is 19.8. The van der Waals surface area contributed by atoms with Crippen molar-refractivity contribution in [1.29, 1.82) is 0 Å². The molecule has 28 heavy (non-hydrogen) atoms. The molecular weight excluding hydrogens is 424 g/mol. The van der Waals surface area contributed by atoms with Crippen LogP contribution in [0.5, 0.6) is 0 Å². The van der Waals surface area contributed by atoms with E-state index in [4.69, 9.17) is 11.6 Å². The van der Waals surface area contributed by atoms with Crippen molar-refractivity contribution in [2.45, 2.75) is 17.8 Å². The van der Waals surface area contributed by atoms with Crippen LogP contribution in [0.25, 0.3) is 16.6 Å². The van der Waals surface area contributed by atoms with E-state index in [2.05, 4.69) is 9.97 Å². The third-order valence-electron chi connectivity index (χ3n) is 3.97. The Hall–Kier alpha value is -2.29. The molecule has 4 aromatic rings. The first-order chi connectivity index (χ1) is 13.4. The molecule has 0 bridgehead atoms. The molecule has 0 amide bonds. The lowest BCUT2D eigenvalue weighted by Crippen LogP contribution is -2.22. The van der Waals surface area contributed by atoms with Gasteiger partial charge in [0, 0.05) is 22.2 Å². The van der Waals surface area contributed by atoms with E-state index in [1.807, 2.05) is 12.3 Å². The van der Waals surface area contributed by atoms with Gasteiger partial charge in [0.15, 0.2) is 5.16 Å². The fourth-order valence-electron chi connectivity index (χ4n) is 2.72. The van der Waals surface area contributed by atoms with E-state index in [9.17, 15) is 13.6 Å².